The Morgan fingerprint density at radius 1 is 0.900 bits per heavy atom. The molecule has 0 aliphatic heterocycles. The number of rotatable bonds is 0. The molecule has 2 radical (unpaired) electrons. The standard InChI is InChI=1S/C18H14BN/c1-18(2)15-12-6-4-3-5-11(12)7-8-13(15)14-9-10-20-17(19)16(14)18/h3-10H,1-2H3. The van der Waals surface area contributed by atoms with Crippen LogP contribution in [0, 0.1) is 0 Å². The number of fused-ring (bicyclic) bond motifs is 5. The number of hydrogen-bond acceptors (Lipinski definition) is 1. The molecule has 0 fully saturated rings. The second kappa shape index (κ2) is 3.72. The number of hydrogen-bond donors (Lipinski definition) is 0. The van der Waals surface area contributed by atoms with Gasteiger partial charge in [0, 0.05) is 11.6 Å². The molecule has 20 heavy (non-hydrogen) atoms. The van der Waals surface area contributed by atoms with Gasteiger partial charge < -0.3 is 0 Å². The van der Waals surface area contributed by atoms with Gasteiger partial charge in [-0.25, -0.2) is 0 Å². The smallest absolute Gasteiger partial charge is 0.142 e. The van der Waals surface area contributed by atoms with E-state index in [1.807, 2.05) is 0 Å². The van der Waals surface area contributed by atoms with Crippen LogP contribution in [-0.4, -0.2) is 12.8 Å². The Labute approximate surface area is 120 Å². The van der Waals surface area contributed by atoms with E-state index in [2.05, 4.69) is 61.3 Å². The van der Waals surface area contributed by atoms with Gasteiger partial charge in [-0.1, -0.05) is 50.2 Å². The Morgan fingerprint density at radius 2 is 1.65 bits per heavy atom. The Bertz CT molecular complexity index is 849. The molecule has 1 heterocycles. The SMILES string of the molecule is [B]c1nccc2c1C(C)(C)c1c-2ccc2ccccc12. The first kappa shape index (κ1) is 11.7. The van der Waals surface area contributed by atoms with E-state index in [9.17, 15) is 0 Å². The van der Waals surface area contributed by atoms with E-state index >= 15 is 0 Å². The first-order chi connectivity index (χ1) is 9.60. The second-order valence-electron chi connectivity index (χ2n) is 5.95. The highest BCUT2D eigenvalue weighted by atomic mass is 14.7. The highest BCUT2D eigenvalue weighted by Gasteiger charge is 2.37. The summed E-state index contributed by atoms with van der Waals surface area (Å²) < 4.78 is 0. The van der Waals surface area contributed by atoms with Crippen LogP contribution in [0.5, 0.6) is 0 Å². The van der Waals surface area contributed by atoms with Gasteiger partial charge in [-0.2, -0.15) is 0 Å². The van der Waals surface area contributed by atoms with E-state index in [0.29, 0.717) is 5.59 Å². The van der Waals surface area contributed by atoms with E-state index in [4.69, 9.17) is 7.85 Å². The van der Waals surface area contributed by atoms with Crippen LogP contribution >= 0.6 is 0 Å². The maximum absolute atomic E-state index is 6.16. The van der Waals surface area contributed by atoms with Crippen molar-refractivity contribution >= 4 is 24.2 Å². The zero-order valence-electron chi connectivity index (χ0n) is 11.6. The van der Waals surface area contributed by atoms with Crippen molar-refractivity contribution in [3.8, 4) is 11.1 Å². The van der Waals surface area contributed by atoms with Crippen LogP contribution < -0.4 is 5.59 Å². The summed E-state index contributed by atoms with van der Waals surface area (Å²) in [5.74, 6) is 0. The van der Waals surface area contributed by atoms with Gasteiger partial charge in [-0.15, -0.1) is 0 Å². The van der Waals surface area contributed by atoms with Crippen LogP contribution in [0.25, 0.3) is 21.9 Å². The first-order valence-corrected chi connectivity index (χ1v) is 6.88. The molecule has 0 spiro atoms. The van der Waals surface area contributed by atoms with Crippen molar-refractivity contribution in [2.45, 2.75) is 19.3 Å². The lowest BCUT2D eigenvalue weighted by atomic mass is 9.76. The zero-order valence-corrected chi connectivity index (χ0v) is 11.6. The topological polar surface area (TPSA) is 12.9 Å². The van der Waals surface area contributed by atoms with Crippen LogP contribution in [0.4, 0.5) is 0 Å². The summed E-state index contributed by atoms with van der Waals surface area (Å²) in [5, 5.41) is 2.59. The van der Waals surface area contributed by atoms with Gasteiger partial charge in [-0.3, -0.25) is 4.98 Å². The van der Waals surface area contributed by atoms with E-state index in [0.717, 1.165) is 5.56 Å². The third-order valence-electron chi connectivity index (χ3n) is 4.45. The largest absolute Gasteiger partial charge is 0.273 e. The molecule has 0 unspecified atom stereocenters. The van der Waals surface area contributed by atoms with Gasteiger partial charge in [0.05, 0.1) is 0 Å². The molecule has 0 bridgehead atoms. The van der Waals surface area contributed by atoms with Crippen molar-refractivity contribution < 1.29 is 0 Å². The molecule has 1 nitrogen and oxygen atoms in total. The monoisotopic (exact) mass is 255 g/mol. The van der Waals surface area contributed by atoms with Crippen molar-refractivity contribution in [1.29, 1.82) is 0 Å². The van der Waals surface area contributed by atoms with Gasteiger partial charge in [0.15, 0.2) is 0 Å². The number of benzene rings is 2. The molecule has 2 aromatic carbocycles. The number of aromatic nitrogens is 1. The fourth-order valence-corrected chi connectivity index (χ4v) is 3.65. The molecular formula is C18H14BN. The lowest BCUT2D eigenvalue weighted by Gasteiger charge is -2.24. The zero-order chi connectivity index (χ0) is 13.9. The summed E-state index contributed by atoms with van der Waals surface area (Å²) in [4.78, 5) is 4.29. The third kappa shape index (κ3) is 1.31. The molecule has 1 aliphatic carbocycles. The molecule has 0 amide bonds. The van der Waals surface area contributed by atoms with Gasteiger partial charge in [-0.05, 0) is 44.7 Å². The lowest BCUT2D eigenvalue weighted by Crippen LogP contribution is -2.26. The van der Waals surface area contributed by atoms with Gasteiger partial charge >= 0.3 is 0 Å². The molecule has 4 rings (SSSR count). The summed E-state index contributed by atoms with van der Waals surface area (Å²) >= 11 is 0. The van der Waals surface area contributed by atoms with E-state index in [1.165, 1.54) is 27.5 Å². The number of nitrogens with zero attached hydrogens (tertiary/aromatic N) is 1. The van der Waals surface area contributed by atoms with Crippen LogP contribution in [0.15, 0.2) is 48.7 Å². The van der Waals surface area contributed by atoms with E-state index < -0.39 is 0 Å². The third-order valence-corrected chi connectivity index (χ3v) is 4.45. The van der Waals surface area contributed by atoms with Crippen LogP contribution in [0.3, 0.4) is 0 Å². The summed E-state index contributed by atoms with van der Waals surface area (Å²) in [6.07, 6.45) is 1.80. The van der Waals surface area contributed by atoms with Crippen LogP contribution in [-0.2, 0) is 5.41 Å². The molecule has 0 atom stereocenters. The van der Waals surface area contributed by atoms with Gasteiger partial charge in [0.1, 0.15) is 7.85 Å². The van der Waals surface area contributed by atoms with Crippen molar-refractivity contribution in [2.75, 3.05) is 0 Å². The molecule has 94 valence electrons. The predicted octanol–water partition coefficient (Wildman–Crippen LogP) is 3.33. The molecule has 1 aliphatic rings. The average molecular weight is 255 g/mol. The summed E-state index contributed by atoms with van der Waals surface area (Å²) in [7, 11) is 6.16. The summed E-state index contributed by atoms with van der Waals surface area (Å²) in [5.41, 5.74) is 5.58. The van der Waals surface area contributed by atoms with E-state index in [1.54, 1.807) is 6.20 Å². The van der Waals surface area contributed by atoms with Crippen molar-refractivity contribution in [3.05, 3.63) is 59.8 Å². The fourth-order valence-electron chi connectivity index (χ4n) is 3.65. The Kier molecular flexibility index (Phi) is 2.18. The fraction of sp³-hybridized carbons (Fsp3) is 0.167. The number of pyridine rings is 1. The maximum Gasteiger partial charge on any atom is 0.142 e. The molecule has 0 N–H and O–H groups in total. The van der Waals surface area contributed by atoms with Gasteiger partial charge in [0.25, 0.3) is 0 Å². The molecule has 0 saturated carbocycles. The van der Waals surface area contributed by atoms with Crippen molar-refractivity contribution in [2.24, 2.45) is 0 Å². The normalized spacial score (nSPS) is 15.1. The molecule has 1 aromatic heterocycles. The summed E-state index contributed by atoms with van der Waals surface area (Å²) in [6, 6.07) is 15.0. The Hall–Kier alpha value is -2.09. The molecule has 3 aromatic rings. The lowest BCUT2D eigenvalue weighted by molar-refractivity contribution is 0.668. The highest BCUT2D eigenvalue weighted by molar-refractivity contribution is 6.32. The average Bonchev–Trinajstić information content (AvgIpc) is 2.69. The van der Waals surface area contributed by atoms with Crippen LogP contribution in [0.1, 0.15) is 25.0 Å². The van der Waals surface area contributed by atoms with Gasteiger partial charge in [0.2, 0.25) is 0 Å². The molecule has 2 heteroatoms. The second-order valence-corrected chi connectivity index (χ2v) is 5.95. The minimum absolute atomic E-state index is 0.107. The Morgan fingerprint density at radius 3 is 2.50 bits per heavy atom. The maximum atomic E-state index is 6.16. The van der Waals surface area contributed by atoms with E-state index in [-0.39, 0.29) is 5.41 Å². The van der Waals surface area contributed by atoms with Crippen molar-refractivity contribution in [3.63, 3.8) is 0 Å². The Balaban J connectivity index is 2.20. The van der Waals surface area contributed by atoms with Crippen LogP contribution in [0.2, 0.25) is 0 Å². The predicted molar refractivity (Wildman–Crippen MR) is 84.7 cm³/mol. The summed E-state index contributed by atoms with van der Waals surface area (Å²) in [6.45, 7) is 4.48. The quantitative estimate of drug-likeness (QED) is 0.561. The highest BCUT2D eigenvalue weighted by Crippen LogP contribution is 2.49. The van der Waals surface area contributed by atoms with Crippen molar-refractivity contribution in [1.82, 2.24) is 4.98 Å². The molecule has 0 saturated heterocycles. The molecular weight excluding hydrogens is 241 g/mol. The first-order valence-electron chi connectivity index (χ1n) is 6.88. The minimum atomic E-state index is -0.107. The minimum Gasteiger partial charge on any atom is -0.273 e.